The molecular formula is C14H13N3O3. The van der Waals surface area contributed by atoms with Crippen molar-refractivity contribution in [3.05, 3.63) is 57.4 Å². The number of hydrogen-bond donors (Lipinski definition) is 1. The number of H-pyrrole nitrogens is 1. The Morgan fingerprint density at radius 2 is 1.80 bits per heavy atom. The van der Waals surface area contributed by atoms with Crippen LogP contribution in [0.4, 0.5) is 0 Å². The number of nitrogens with one attached hydrogen (secondary N) is 1. The molecule has 1 aromatic carbocycles. The van der Waals surface area contributed by atoms with Gasteiger partial charge < -0.3 is 9.72 Å². The number of hydrogen-bond acceptors (Lipinski definition) is 3. The summed E-state index contributed by atoms with van der Waals surface area (Å²) in [5.74, 6) is 0.666. The van der Waals surface area contributed by atoms with Crippen molar-refractivity contribution in [1.82, 2.24) is 14.1 Å². The van der Waals surface area contributed by atoms with Gasteiger partial charge in [-0.1, -0.05) is 0 Å². The molecule has 3 rings (SSSR count). The van der Waals surface area contributed by atoms with Crippen LogP contribution >= 0.6 is 0 Å². The molecule has 0 aliphatic carbocycles. The van der Waals surface area contributed by atoms with E-state index in [1.54, 1.807) is 50.7 Å². The second-order valence-corrected chi connectivity index (χ2v) is 4.42. The smallest absolute Gasteiger partial charge is 0.335 e. The Morgan fingerprint density at radius 1 is 1.10 bits per heavy atom. The van der Waals surface area contributed by atoms with E-state index >= 15 is 0 Å². The highest BCUT2D eigenvalue weighted by molar-refractivity contribution is 5.74. The fraction of sp³-hybridized carbons (Fsp3) is 0.143. The van der Waals surface area contributed by atoms with Crippen molar-refractivity contribution in [1.29, 1.82) is 0 Å². The second-order valence-electron chi connectivity index (χ2n) is 4.42. The zero-order valence-electron chi connectivity index (χ0n) is 11.1. The third-order valence-electron chi connectivity index (χ3n) is 3.31. The van der Waals surface area contributed by atoms with Gasteiger partial charge in [0.1, 0.15) is 11.3 Å². The lowest BCUT2D eigenvalue weighted by Gasteiger charge is -2.09. The van der Waals surface area contributed by atoms with Gasteiger partial charge in [-0.3, -0.25) is 9.36 Å². The van der Waals surface area contributed by atoms with Gasteiger partial charge >= 0.3 is 5.69 Å². The van der Waals surface area contributed by atoms with Gasteiger partial charge in [0.15, 0.2) is 0 Å². The minimum Gasteiger partial charge on any atom is -0.497 e. The van der Waals surface area contributed by atoms with Crippen molar-refractivity contribution in [2.75, 3.05) is 7.11 Å². The lowest BCUT2D eigenvalue weighted by atomic mass is 10.3. The molecule has 20 heavy (non-hydrogen) atoms. The molecule has 2 aromatic heterocycles. The summed E-state index contributed by atoms with van der Waals surface area (Å²) in [6.07, 6.45) is 1.64. The van der Waals surface area contributed by atoms with E-state index in [0.717, 1.165) is 4.57 Å². The van der Waals surface area contributed by atoms with Gasteiger partial charge in [0.25, 0.3) is 5.56 Å². The average Bonchev–Trinajstić information content (AvgIpc) is 2.96. The standard InChI is InChI=1S/C14H13N3O3/c1-16-11-7-8-15-12(11)13(18)17(14(16)19)9-3-5-10(20-2)6-4-9/h3-8,15H,1-2H3. The molecule has 0 atom stereocenters. The average molecular weight is 271 g/mol. The van der Waals surface area contributed by atoms with Crippen LogP contribution in [-0.2, 0) is 7.05 Å². The first-order chi connectivity index (χ1) is 9.63. The molecule has 2 heterocycles. The number of rotatable bonds is 2. The third-order valence-corrected chi connectivity index (χ3v) is 3.31. The maximum absolute atomic E-state index is 12.4. The molecule has 0 fully saturated rings. The molecule has 0 aliphatic heterocycles. The van der Waals surface area contributed by atoms with Crippen LogP contribution in [0.25, 0.3) is 16.7 Å². The minimum absolute atomic E-state index is 0.363. The molecule has 0 aliphatic rings. The van der Waals surface area contributed by atoms with Crippen LogP contribution in [0.3, 0.4) is 0 Å². The lowest BCUT2D eigenvalue weighted by Crippen LogP contribution is -2.37. The number of ether oxygens (including phenoxy) is 1. The van der Waals surface area contributed by atoms with Crippen molar-refractivity contribution in [2.24, 2.45) is 7.05 Å². The number of aromatic amines is 1. The SMILES string of the molecule is COc1ccc(-n2c(=O)c3[nH]ccc3n(C)c2=O)cc1. The summed E-state index contributed by atoms with van der Waals surface area (Å²) >= 11 is 0. The summed E-state index contributed by atoms with van der Waals surface area (Å²) in [7, 11) is 3.20. The summed E-state index contributed by atoms with van der Waals surface area (Å²) in [4.78, 5) is 27.6. The highest BCUT2D eigenvalue weighted by Gasteiger charge is 2.12. The normalized spacial score (nSPS) is 10.9. The quantitative estimate of drug-likeness (QED) is 0.756. The Morgan fingerprint density at radius 3 is 2.45 bits per heavy atom. The Bertz CT molecular complexity index is 885. The summed E-state index contributed by atoms with van der Waals surface area (Å²) in [5, 5.41) is 0. The largest absolute Gasteiger partial charge is 0.497 e. The Labute approximate surface area is 113 Å². The fourth-order valence-electron chi connectivity index (χ4n) is 2.22. The molecule has 0 saturated carbocycles. The van der Waals surface area contributed by atoms with E-state index in [4.69, 9.17) is 4.74 Å². The molecule has 0 saturated heterocycles. The molecule has 0 bridgehead atoms. The van der Waals surface area contributed by atoms with Crippen molar-refractivity contribution in [2.45, 2.75) is 0 Å². The lowest BCUT2D eigenvalue weighted by molar-refractivity contribution is 0.414. The van der Waals surface area contributed by atoms with Crippen LogP contribution in [-0.4, -0.2) is 21.2 Å². The molecule has 0 spiro atoms. The van der Waals surface area contributed by atoms with Crippen LogP contribution in [0.1, 0.15) is 0 Å². The van der Waals surface area contributed by atoms with Crippen molar-refractivity contribution in [3.8, 4) is 11.4 Å². The maximum atomic E-state index is 12.4. The second kappa shape index (κ2) is 4.41. The van der Waals surface area contributed by atoms with Crippen molar-refractivity contribution < 1.29 is 4.74 Å². The first kappa shape index (κ1) is 12.3. The zero-order chi connectivity index (χ0) is 14.3. The highest BCUT2D eigenvalue weighted by atomic mass is 16.5. The molecule has 102 valence electrons. The Balaban J connectivity index is 2.35. The van der Waals surface area contributed by atoms with Crippen LogP contribution < -0.4 is 16.0 Å². The van der Waals surface area contributed by atoms with E-state index in [0.29, 0.717) is 22.5 Å². The van der Waals surface area contributed by atoms with Gasteiger partial charge in [-0.05, 0) is 30.3 Å². The summed E-state index contributed by atoms with van der Waals surface area (Å²) in [6, 6.07) is 8.48. The molecule has 0 amide bonds. The van der Waals surface area contributed by atoms with Gasteiger partial charge in [-0.15, -0.1) is 0 Å². The number of fused-ring (bicyclic) bond motifs is 1. The number of aryl methyl sites for hydroxylation is 1. The van der Waals surface area contributed by atoms with E-state index in [2.05, 4.69) is 4.98 Å². The molecule has 1 N–H and O–H groups in total. The number of aromatic nitrogens is 3. The van der Waals surface area contributed by atoms with Crippen LogP contribution in [0.2, 0.25) is 0 Å². The van der Waals surface area contributed by atoms with E-state index in [1.165, 1.54) is 4.57 Å². The molecule has 6 nitrogen and oxygen atoms in total. The van der Waals surface area contributed by atoms with Crippen LogP contribution in [0, 0.1) is 0 Å². The zero-order valence-corrected chi connectivity index (χ0v) is 11.1. The predicted octanol–water partition coefficient (Wildman–Crippen LogP) is 1.03. The predicted molar refractivity (Wildman–Crippen MR) is 75.7 cm³/mol. The monoisotopic (exact) mass is 271 g/mol. The van der Waals surface area contributed by atoms with Crippen molar-refractivity contribution in [3.63, 3.8) is 0 Å². The van der Waals surface area contributed by atoms with Gasteiger partial charge in [0.2, 0.25) is 0 Å². The highest BCUT2D eigenvalue weighted by Crippen LogP contribution is 2.13. The number of methoxy groups -OCH3 is 1. The molecule has 3 aromatic rings. The Kier molecular flexibility index (Phi) is 2.71. The van der Waals surface area contributed by atoms with E-state index in [-0.39, 0.29) is 11.2 Å². The molecular weight excluding hydrogens is 258 g/mol. The Hall–Kier alpha value is -2.76. The first-order valence-corrected chi connectivity index (χ1v) is 6.07. The van der Waals surface area contributed by atoms with E-state index in [1.807, 2.05) is 0 Å². The summed E-state index contributed by atoms with van der Waals surface area (Å²) in [6.45, 7) is 0. The van der Waals surface area contributed by atoms with Gasteiger partial charge in [0, 0.05) is 13.2 Å². The van der Waals surface area contributed by atoms with Crippen molar-refractivity contribution >= 4 is 11.0 Å². The summed E-state index contributed by atoms with van der Waals surface area (Å²) in [5.41, 5.74) is 0.756. The maximum Gasteiger partial charge on any atom is 0.335 e. The fourth-order valence-corrected chi connectivity index (χ4v) is 2.22. The van der Waals surface area contributed by atoms with Gasteiger partial charge in [-0.25, -0.2) is 9.36 Å². The van der Waals surface area contributed by atoms with E-state index < -0.39 is 0 Å². The number of benzene rings is 1. The van der Waals surface area contributed by atoms with Gasteiger partial charge in [-0.2, -0.15) is 0 Å². The van der Waals surface area contributed by atoms with E-state index in [9.17, 15) is 9.59 Å². The summed E-state index contributed by atoms with van der Waals surface area (Å²) < 4.78 is 7.65. The van der Waals surface area contributed by atoms with Crippen LogP contribution in [0.15, 0.2) is 46.1 Å². The third kappa shape index (κ3) is 1.65. The molecule has 0 radical (unpaired) electrons. The number of nitrogens with zero attached hydrogens (tertiary/aromatic N) is 2. The first-order valence-electron chi connectivity index (χ1n) is 6.07. The van der Waals surface area contributed by atoms with Crippen LogP contribution in [0.5, 0.6) is 5.75 Å². The topological polar surface area (TPSA) is 69.0 Å². The minimum atomic E-state index is -0.382. The molecule has 6 heteroatoms. The molecule has 0 unspecified atom stereocenters. The van der Waals surface area contributed by atoms with Gasteiger partial charge in [0.05, 0.1) is 18.3 Å².